The third-order valence-electron chi connectivity index (χ3n) is 3.02. The van der Waals surface area contributed by atoms with Crippen molar-refractivity contribution in [2.45, 2.75) is 0 Å². The highest BCUT2D eigenvalue weighted by atomic mass is 32.1. The first-order valence-electron chi connectivity index (χ1n) is 7.08. The Hall–Kier alpha value is -2.77. The van der Waals surface area contributed by atoms with Crippen molar-refractivity contribution in [3.8, 4) is 0 Å². The van der Waals surface area contributed by atoms with E-state index < -0.39 is 0 Å². The number of thiophene rings is 2. The second-order valence-corrected chi connectivity index (χ2v) is 6.32. The summed E-state index contributed by atoms with van der Waals surface area (Å²) in [7, 11) is 0. The second-order valence-electron chi connectivity index (χ2n) is 4.76. The lowest BCUT2D eigenvalue weighted by atomic mass is 10.2. The fourth-order valence-corrected chi connectivity index (χ4v) is 3.03. The van der Waals surface area contributed by atoms with E-state index in [0.717, 1.165) is 16.8 Å². The Morgan fingerprint density at radius 3 is 2.08 bits per heavy atom. The number of hydrogen-bond acceptors (Lipinski definition) is 6. The summed E-state index contributed by atoms with van der Waals surface area (Å²) in [4.78, 5) is 12.0. The molecule has 0 spiro atoms. The van der Waals surface area contributed by atoms with E-state index in [1.807, 2.05) is 33.7 Å². The summed E-state index contributed by atoms with van der Waals surface area (Å²) in [5.41, 5.74) is 8.78. The van der Waals surface area contributed by atoms with Crippen molar-refractivity contribution < 1.29 is 4.79 Å². The van der Waals surface area contributed by atoms with Gasteiger partial charge in [-0.2, -0.15) is 32.9 Å². The highest BCUT2D eigenvalue weighted by Crippen LogP contribution is 2.10. The molecule has 5 nitrogen and oxygen atoms in total. The summed E-state index contributed by atoms with van der Waals surface area (Å²) < 4.78 is 0. The fourth-order valence-electron chi connectivity index (χ4n) is 1.80. The van der Waals surface area contributed by atoms with Crippen LogP contribution in [0, 0.1) is 0 Å². The molecule has 0 aliphatic rings. The number of carbonyl (C=O) groups is 1. The third kappa shape index (κ3) is 4.61. The number of nitrogens with zero attached hydrogens (tertiary/aromatic N) is 2. The number of carbonyl (C=O) groups excluding carboxylic acids is 1. The van der Waals surface area contributed by atoms with Gasteiger partial charge in [0.15, 0.2) is 0 Å². The van der Waals surface area contributed by atoms with Crippen molar-refractivity contribution in [1.29, 1.82) is 0 Å². The summed E-state index contributed by atoms with van der Waals surface area (Å²) >= 11 is 3.20. The lowest BCUT2D eigenvalue weighted by Crippen LogP contribution is -2.17. The maximum atomic E-state index is 12.0. The first kappa shape index (κ1) is 16.1. The molecule has 2 N–H and O–H groups in total. The van der Waals surface area contributed by atoms with Crippen molar-refractivity contribution in [1.82, 2.24) is 5.43 Å². The lowest BCUT2D eigenvalue weighted by Gasteiger charge is -2.02. The van der Waals surface area contributed by atoms with E-state index in [9.17, 15) is 4.79 Å². The molecule has 0 aliphatic heterocycles. The molecule has 0 unspecified atom stereocenters. The molecule has 0 aliphatic carbocycles. The van der Waals surface area contributed by atoms with Crippen LogP contribution >= 0.6 is 22.7 Å². The molecule has 0 saturated carbocycles. The molecule has 7 heteroatoms. The van der Waals surface area contributed by atoms with E-state index >= 15 is 0 Å². The van der Waals surface area contributed by atoms with Crippen LogP contribution in [0.4, 0.5) is 5.69 Å². The molecule has 3 rings (SSSR count). The molecule has 0 bridgehead atoms. The highest BCUT2D eigenvalue weighted by Gasteiger charge is 2.03. The normalized spacial score (nSPS) is 11.2. The number of benzene rings is 1. The number of anilines is 1. The summed E-state index contributed by atoms with van der Waals surface area (Å²) in [6.07, 6.45) is 3.36. The first-order chi connectivity index (χ1) is 11.8. The maximum Gasteiger partial charge on any atom is 0.271 e. The number of hydrogen-bond donors (Lipinski definition) is 2. The molecule has 24 heavy (non-hydrogen) atoms. The highest BCUT2D eigenvalue weighted by molar-refractivity contribution is 7.08. The van der Waals surface area contributed by atoms with Gasteiger partial charge in [-0.25, -0.2) is 5.43 Å². The lowest BCUT2D eigenvalue weighted by molar-refractivity contribution is 0.0955. The van der Waals surface area contributed by atoms with E-state index in [1.165, 1.54) is 0 Å². The number of amides is 1. The zero-order valence-electron chi connectivity index (χ0n) is 12.5. The van der Waals surface area contributed by atoms with Crippen LogP contribution in [0.3, 0.4) is 0 Å². The monoisotopic (exact) mass is 354 g/mol. The minimum atomic E-state index is -0.255. The Kier molecular flexibility index (Phi) is 5.49. The minimum Gasteiger partial charge on any atom is -0.279 e. The Morgan fingerprint density at radius 1 is 0.875 bits per heavy atom. The maximum absolute atomic E-state index is 12.0. The van der Waals surface area contributed by atoms with Crippen LogP contribution in [-0.2, 0) is 0 Å². The van der Waals surface area contributed by atoms with Gasteiger partial charge in [-0.3, -0.25) is 10.2 Å². The average molecular weight is 354 g/mol. The van der Waals surface area contributed by atoms with E-state index in [1.54, 1.807) is 59.4 Å². The van der Waals surface area contributed by atoms with Crippen molar-refractivity contribution in [2.24, 2.45) is 10.2 Å². The second kappa shape index (κ2) is 8.19. The molecule has 0 saturated heterocycles. The van der Waals surface area contributed by atoms with Crippen molar-refractivity contribution in [2.75, 3.05) is 5.43 Å². The molecule has 0 fully saturated rings. The van der Waals surface area contributed by atoms with E-state index in [2.05, 4.69) is 21.1 Å². The summed E-state index contributed by atoms with van der Waals surface area (Å²) in [5.74, 6) is -0.255. The number of rotatable bonds is 6. The molecule has 0 radical (unpaired) electrons. The van der Waals surface area contributed by atoms with Crippen LogP contribution in [0.2, 0.25) is 0 Å². The summed E-state index contributed by atoms with van der Waals surface area (Å²) in [5, 5.41) is 16.0. The standard InChI is InChI=1S/C17H14N4OS2/c22-17(21-19-10-14-6-8-24-12-14)15-1-3-16(4-2-15)20-18-9-13-5-7-23-11-13/h1-12,20H,(H,21,22)/b18-9+,19-10+. The SMILES string of the molecule is O=C(N/N=C/c1ccsc1)c1ccc(N/N=C/c2ccsc2)cc1. The van der Waals surface area contributed by atoms with Crippen LogP contribution in [0.15, 0.2) is 68.1 Å². The Balaban J connectivity index is 1.52. The largest absolute Gasteiger partial charge is 0.279 e. The van der Waals surface area contributed by atoms with E-state index in [-0.39, 0.29) is 5.91 Å². The van der Waals surface area contributed by atoms with Gasteiger partial charge < -0.3 is 0 Å². The third-order valence-corrected chi connectivity index (χ3v) is 4.42. The zero-order valence-corrected chi connectivity index (χ0v) is 14.2. The smallest absolute Gasteiger partial charge is 0.271 e. The van der Waals surface area contributed by atoms with Gasteiger partial charge in [-0.05, 0) is 57.9 Å². The molecule has 2 aromatic heterocycles. The zero-order chi connectivity index (χ0) is 16.6. The molecular weight excluding hydrogens is 340 g/mol. The van der Waals surface area contributed by atoms with Gasteiger partial charge in [0.1, 0.15) is 0 Å². The van der Waals surface area contributed by atoms with Crippen LogP contribution in [0.5, 0.6) is 0 Å². The van der Waals surface area contributed by atoms with E-state index in [4.69, 9.17) is 0 Å². The van der Waals surface area contributed by atoms with Crippen molar-refractivity contribution in [3.05, 3.63) is 74.6 Å². The van der Waals surface area contributed by atoms with Crippen LogP contribution in [0.1, 0.15) is 21.5 Å². The van der Waals surface area contributed by atoms with Gasteiger partial charge >= 0.3 is 0 Å². The van der Waals surface area contributed by atoms with Gasteiger partial charge in [0.2, 0.25) is 0 Å². The topological polar surface area (TPSA) is 65.8 Å². The van der Waals surface area contributed by atoms with E-state index in [0.29, 0.717) is 5.56 Å². The molecular formula is C17H14N4OS2. The van der Waals surface area contributed by atoms with Crippen LogP contribution in [-0.4, -0.2) is 18.3 Å². The predicted octanol–water partition coefficient (Wildman–Crippen LogP) is 4.02. The molecule has 120 valence electrons. The van der Waals surface area contributed by atoms with Crippen molar-refractivity contribution in [3.63, 3.8) is 0 Å². The molecule has 0 atom stereocenters. The van der Waals surface area contributed by atoms with Gasteiger partial charge in [-0.1, -0.05) is 0 Å². The van der Waals surface area contributed by atoms with Crippen LogP contribution < -0.4 is 10.9 Å². The fraction of sp³-hybridized carbons (Fsp3) is 0. The molecule has 2 heterocycles. The Labute approximate surface area is 147 Å². The van der Waals surface area contributed by atoms with Gasteiger partial charge in [0, 0.05) is 16.7 Å². The minimum absolute atomic E-state index is 0.255. The molecule has 1 amide bonds. The number of hydrazone groups is 2. The van der Waals surface area contributed by atoms with Gasteiger partial charge in [-0.15, -0.1) is 0 Å². The first-order valence-corrected chi connectivity index (χ1v) is 8.97. The van der Waals surface area contributed by atoms with Gasteiger partial charge in [0.25, 0.3) is 5.91 Å². The average Bonchev–Trinajstić information content (AvgIpc) is 3.29. The van der Waals surface area contributed by atoms with Crippen molar-refractivity contribution >= 4 is 46.7 Å². The number of nitrogens with one attached hydrogen (secondary N) is 2. The molecule has 3 aromatic rings. The predicted molar refractivity (Wildman–Crippen MR) is 101 cm³/mol. The Bertz CT molecular complexity index is 822. The Morgan fingerprint density at radius 2 is 1.50 bits per heavy atom. The van der Waals surface area contributed by atoms with Gasteiger partial charge in [0.05, 0.1) is 18.1 Å². The van der Waals surface area contributed by atoms with Crippen LogP contribution in [0.25, 0.3) is 0 Å². The summed E-state index contributed by atoms with van der Waals surface area (Å²) in [6, 6.07) is 10.9. The quantitative estimate of drug-likeness (QED) is 0.519. The molecule has 1 aromatic carbocycles. The summed E-state index contributed by atoms with van der Waals surface area (Å²) in [6.45, 7) is 0.